The largest absolute Gasteiger partial charge is 0.339 e. The molecular weight excluding hydrogens is 300 g/mol. The Bertz CT molecular complexity index is 564. The molecule has 0 atom stereocenters. The summed E-state index contributed by atoms with van der Waals surface area (Å²) in [5.74, 6) is 0.263. The van der Waals surface area contributed by atoms with Gasteiger partial charge in [-0.1, -0.05) is 46.2 Å². The molecule has 1 aromatic carbocycles. The monoisotopic (exact) mass is 330 g/mol. The number of piperazine rings is 1. The van der Waals surface area contributed by atoms with Crippen molar-refractivity contribution >= 4 is 11.8 Å². The molecule has 1 fully saturated rings. The fourth-order valence-corrected chi connectivity index (χ4v) is 3.01. The van der Waals surface area contributed by atoms with Gasteiger partial charge < -0.3 is 9.80 Å². The molecule has 132 valence electrons. The number of rotatable bonds is 4. The van der Waals surface area contributed by atoms with Crippen LogP contribution < -0.4 is 0 Å². The van der Waals surface area contributed by atoms with E-state index in [1.807, 2.05) is 34.1 Å². The predicted octanol–water partition coefficient (Wildman–Crippen LogP) is 3.36. The molecule has 0 unspecified atom stereocenters. The third-order valence-electron chi connectivity index (χ3n) is 4.34. The normalized spacial score (nSPS) is 15.5. The van der Waals surface area contributed by atoms with Gasteiger partial charge in [-0.3, -0.25) is 9.59 Å². The summed E-state index contributed by atoms with van der Waals surface area (Å²) >= 11 is 0. The molecule has 4 heteroatoms. The average Bonchev–Trinajstić information content (AvgIpc) is 2.54. The highest BCUT2D eigenvalue weighted by atomic mass is 16.2. The fraction of sp³-hybridized carbons (Fsp3) is 0.600. The third-order valence-corrected chi connectivity index (χ3v) is 4.34. The van der Waals surface area contributed by atoms with Crippen molar-refractivity contribution in [1.82, 2.24) is 9.80 Å². The molecule has 1 saturated heterocycles. The number of aryl methyl sites for hydroxylation is 1. The van der Waals surface area contributed by atoms with Gasteiger partial charge in [0.15, 0.2) is 0 Å². The van der Waals surface area contributed by atoms with Gasteiger partial charge in [-0.2, -0.15) is 0 Å². The molecule has 0 spiro atoms. The zero-order valence-corrected chi connectivity index (χ0v) is 15.5. The molecule has 1 heterocycles. The molecule has 4 nitrogen and oxygen atoms in total. The van der Waals surface area contributed by atoms with Crippen molar-refractivity contribution in [3.05, 3.63) is 35.4 Å². The minimum Gasteiger partial charge on any atom is -0.339 e. The first-order valence-electron chi connectivity index (χ1n) is 8.96. The Morgan fingerprint density at radius 1 is 0.958 bits per heavy atom. The number of hydrogen-bond donors (Lipinski definition) is 0. The summed E-state index contributed by atoms with van der Waals surface area (Å²) in [6.07, 6.45) is 2.71. The first-order valence-corrected chi connectivity index (χ1v) is 8.96. The van der Waals surface area contributed by atoms with Crippen molar-refractivity contribution in [2.45, 2.75) is 47.0 Å². The van der Waals surface area contributed by atoms with Crippen molar-refractivity contribution in [3.63, 3.8) is 0 Å². The highest BCUT2D eigenvalue weighted by Crippen LogP contribution is 2.20. The maximum absolute atomic E-state index is 12.6. The van der Waals surface area contributed by atoms with E-state index in [1.165, 1.54) is 5.56 Å². The van der Waals surface area contributed by atoms with Crippen molar-refractivity contribution < 1.29 is 9.59 Å². The molecule has 2 rings (SSSR count). The van der Waals surface area contributed by atoms with Crippen LogP contribution in [0.15, 0.2) is 24.3 Å². The summed E-state index contributed by atoms with van der Waals surface area (Å²) in [6, 6.07) is 7.93. The van der Waals surface area contributed by atoms with Crippen molar-refractivity contribution in [2.24, 2.45) is 5.41 Å². The molecule has 0 saturated carbocycles. The van der Waals surface area contributed by atoms with Gasteiger partial charge in [0.25, 0.3) is 5.91 Å². The van der Waals surface area contributed by atoms with Crippen LogP contribution in [0.4, 0.5) is 0 Å². The topological polar surface area (TPSA) is 40.6 Å². The summed E-state index contributed by atoms with van der Waals surface area (Å²) in [7, 11) is 0. The summed E-state index contributed by atoms with van der Waals surface area (Å²) in [6.45, 7) is 10.9. The number of hydrogen-bond acceptors (Lipinski definition) is 2. The molecule has 24 heavy (non-hydrogen) atoms. The maximum atomic E-state index is 12.6. The second-order valence-electron chi connectivity index (χ2n) is 7.86. The van der Waals surface area contributed by atoms with Gasteiger partial charge in [-0.05, 0) is 29.5 Å². The van der Waals surface area contributed by atoms with E-state index < -0.39 is 0 Å². The van der Waals surface area contributed by atoms with Crippen LogP contribution in [0.25, 0.3) is 0 Å². The lowest BCUT2D eigenvalue weighted by Crippen LogP contribution is -2.51. The van der Waals surface area contributed by atoms with Crippen molar-refractivity contribution in [3.8, 4) is 0 Å². The standard InChI is InChI=1S/C20H30N2O2/c1-5-6-16-7-9-17(10-8-16)19(24)22-13-11-21(12-14-22)18(23)15-20(2,3)4/h7-10H,5-6,11-15H2,1-4H3. The van der Waals surface area contributed by atoms with E-state index in [0.29, 0.717) is 32.6 Å². The molecule has 2 amide bonds. The number of carbonyl (C=O) groups excluding carboxylic acids is 2. The zero-order chi connectivity index (χ0) is 17.7. The van der Waals surface area contributed by atoms with Crippen LogP contribution in [-0.4, -0.2) is 47.8 Å². The molecule has 0 aliphatic carbocycles. The zero-order valence-electron chi connectivity index (χ0n) is 15.5. The van der Waals surface area contributed by atoms with Gasteiger partial charge in [-0.25, -0.2) is 0 Å². The van der Waals surface area contributed by atoms with Crippen LogP contribution in [0.1, 0.15) is 56.5 Å². The fourth-order valence-electron chi connectivity index (χ4n) is 3.01. The van der Waals surface area contributed by atoms with E-state index in [1.54, 1.807) is 0 Å². The highest BCUT2D eigenvalue weighted by Gasteiger charge is 2.27. The lowest BCUT2D eigenvalue weighted by atomic mass is 9.91. The molecule has 1 aromatic rings. The van der Waals surface area contributed by atoms with E-state index in [0.717, 1.165) is 18.4 Å². The average molecular weight is 330 g/mol. The van der Waals surface area contributed by atoms with Crippen LogP contribution >= 0.6 is 0 Å². The van der Waals surface area contributed by atoms with Crippen molar-refractivity contribution in [2.75, 3.05) is 26.2 Å². The Morgan fingerprint density at radius 3 is 2.00 bits per heavy atom. The quantitative estimate of drug-likeness (QED) is 0.849. The van der Waals surface area contributed by atoms with Crippen LogP contribution in [-0.2, 0) is 11.2 Å². The first-order chi connectivity index (χ1) is 11.3. The van der Waals surface area contributed by atoms with E-state index in [9.17, 15) is 9.59 Å². The van der Waals surface area contributed by atoms with Crippen LogP contribution in [0, 0.1) is 5.41 Å². The van der Waals surface area contributed by atoms with Crippen LogP contribution in [0.2, 0.25) is 0 Å². The summed E-state index contributed by atoms with van der Waals surface area (Å²) in [5.41, 5.74) is 2.01. The second-order valence-corrected chi connectivity index (χ2v) is 7.86. The van der Waals surface area contributed by atoms with Crippen LogP contribution in [0.5, 0.6) is 0 Å². The number of benzene rings is 1. The number of amides is 2. The number of carbonyl (C=O) groups is 2. The molecule has 0 bridgehead atoms. The van der Waals surface area contributed by atoms with E-state index in [-0.39, 0.29) is 17.2 Å². The van der Waals surface area contributed by atoms with Gasteiger partial charge in [0.1, 0.15) is 0 Å². The first kappa shape index (κ1) is 18.5. The van der Waals surface area contributed by atoms with Gasteiger partial charge in [-0.15, -0.1) is 0 Å². The van der Waals surface area contributed by atoms with E-state index >= 15 is 0 Å². The second kappa shape index (κ2) is 7.82. The minimum atomic E-state index is 0.00424. The van der Waals surface area contributed by atoms with E-state index in [4.69, 9.17) is 0 Å². The van der Waals surface area contributed by atoms with Crippen LogP contribution in [0.3, 0.4) is 0 Å². The van der Waals surface area contributed by atoms with Gasteiger partial charge >= 0.3 is 0 Å². The predicted molar refractivity (Wildman–Crippen MR) is 97.0 cm³/mol. The Labute approximate surface area is 145 Å². The molecule has 0 radical (unpaired) electrons. The summed E-state index contributed by atoms with van der Waals surface area (Å²) in [4.78, 5) is 28.6. The highest BCUT2D eigenvalue weighted by molar-refractivity contribution is 5.94. The molecule has 0 N–H and O–H groups in total. The van der Waals surface area contributed by atoms with Gasteiger partial charge in [0.2, 0.25) is 5.91 Å². The van der Waals surface area contributed by atoms with Gasteiger partial charge in [0, 0.05) is 38.2 Å². The lowest BCUT2D eigenvalue weighted by molar-refractivity contribution is -0.134. The summed E-state index contributed by atoms with van der Waals surface area (Å²) in [5, 5.41) is 0. The molecule has 1 aliphatic rings. The Balaban J connectivity index is 1.89. The smallest absolute Gasteiger partial charge is 0.253 e. The Morgan fingerprint density at radius 2 is 1.50 bits per heavy atom. The molecule has 0 aromatic heterocycles. The summed E-state index contributed by atoms with van der Waals surface area (Å²) < 4.78 is 0. The maximum Gasteiger partial charge on any atom is 0.253 e. The Hall–Kier alpha value is -1.84. The molecule has 1 aliphatic heterocycles. The Kier molecular flexibility index (Phi) is 6.03. The SMILES string of the molecule is CCCc1ccc(C(=O)N2CCN(C(=O)CC(C)(C)C)CC2)cc1. The molecular formula is C20H30N2O2. The van der Waals surface area contributed by atoms with Crippen molar-refractivity contribution in [1.29, 1.82) is 0 Å². The third kappa shape index (κ3) is 5.08. The minimum absolute atomic E-state index is 0.00424. The van der Waals surface area contributed by atoms with Gasteiger partial charge in [0.05, 0.1) is 0 Å². The number of nitrogens with zero attached hydrogens (tertiary/aromatic N) is 2. The van der Waals surface area contributed by atoms with E-state index in [2.05, 4.69) is 27.7 Å². The lowest BCUT2D eigenvalue weighted by Gasteiger charge is -2.36.